The van der Waals surface area contributed by atoms with Crippen LogP contribution >= 0.6 is 22.9 Å². The van der Waals surface area contributed by atoms with Crippen molar-refractivity contribution >= 4 is 33.6 Å². The summed E-state index contributed by atoms with van der Waals surface area (Å²) in [5, 5.41) is 5.73. The molecule has 3 heterocycles. The highest BCUT2D eigenvalue weighted by molar-refractivity contribution is 7.15. The second-order valence-corrected chi connectivity index (χ2v) is 5.56. The van der Waals surface area contributed by atoms with E-state index in [4.69, 9.17) is 16.3 Å². The number of nitrogens with zero attached hydrogens (tertiary/aromatic N) is 3. The Hall–Kier alpha value is -1.79. The van der Waals surface area contributed by atoms with E-state index < -0.39 is 0 Å². The van der Waals surface area contributed by atoms with Gasteiger partial charge >= 0.3 is 0 Å². The predicted octanol–water partition coefficient (Wildman–Crippen LogP) is 3.37. The molecule has 5 nitrogen and oxygen atoms in total. The van der Waals surface area contributed by atoms with Crippen molar-refractivity contribution in [2.75, 3.05) is 12.4 Å². The predicted molar refractivity (Wildman–Crippen MR) is 80.9 cm³/mol. The van der Waals surface area contributed by atoms with Gasteiger partial charge in [-0.25, -0.2) is 4.98 Å². The molecule has 0 saturated heterocycles. The van der Waals surface area contributed by atoms with E-state index in [0.29, 0.717) is 17.6 Å². The molecule has 7 heteroatoms. The van der Waals surface area contributed by atoms with Crippen LogP contribution in [0.5, 0.6) is 5.88 Å². The van der Waals surface area contributed by atoms with Crippen LogP contribution in [0.3, 0.4) is 0 Å². The van der Waals surface area contributed by atoms with Gasteiger partial charge in [0, 0.05) is 17.8 Å². The monoisotopic (exact) mass is 308 g/mol. The molecule has 1 N–H and O–H groups in total. The molecule has 0 bridgehead atoms. The zero-order valence-electron chi connectivity index (χ0n) is 11.1. The maximum atomic E-state index is 6.08. The number of aryl methyl sites for hydroxylation is 1. The van der Waals surface area contributed by atoms with E-state index in [2.05, 4.69) is 15.3 Å². The molecule has 3 rings (SSSR count). The molecule has 0 saturated carbocycles. The Morgan fingerprint density at radius 2 is 2.35 bits per heavy atom. The summed E-state index contributed by atoms with van der Waals surface area (Å²) >= 11 is 7.65. The van der Waals surface area contributed by atoms with Crippen LogP contribution in [0.25, 0.3) is 4.96 Å². The van der Waals surface area contributed by atoms with E-state index in [-0.39, 0.29) is 0 Å². The Kier molecular flexibility index (Phi) is 3.50. The number of anilines is 1. The Labute approximate surface area is 125 Å². The van der Waals surface area contributed by atoms with Crippen LogP contribution in [-0.2, 0) is 6.54 Å². The van der Waals surface area contributed by atoms with E-state index in [1.807, 2.05) is 29.0 Å². The molecule has 0 aliphatic carbocycles. The van der Waals surface area contributed by atoms with Gasteiger partial charge < -0.3 is 10.1 Å². The van der Waals surface area contributed by atoms with E-state index in [0.717, 1.165) is 21.9 Å². The standard InChI is InChI=1S/C13H13ClN4OS/c1-8-5-9(11(14)16-6-8)15-7-10-12(19-2)17-13-18(10)3-4-20-13/h3-6,15H,7H2,1-2H3. The van der Waals surface area contributed by atoms with Crippen LogP contribution in [-0.4, -0.2) is 21.5 Å². The molecule has 0 fully saturated rings. The summed E-state index contributed by atoms with van der Waals surface area (Å²) in [6.07, 6.45) is 3.71. The first-order valence-corrected chi connectivity index (χ1v) is 7.29. The van der Waals surface area contributed by atoms with Crippen molar-refractivity contribution in [2.45, 2.75) is 13.5 Å². The lowest BCUT2D eigenvalue weighted by molar-refractivity contribution is 0.395. The SMILES string of the molecule is COc1nc2sccn2c1CNc1cc(C)cnc1Cl. The molecule has 0 unspecified atom stereocenters. The zero-order valence-corrected chi connectivity index (χ0v) is 12.6. The number of halogens is 1. The lowest BCUT2D eigenvalue weighted by Crippen LogP contribution is -2.05. The van der Waals surface area contributed by atoms with Crippen molar-refractivity contribution in [2.24, 2.45) is 0 Å². The van der Waals surface area contributed by atoms with Gasteiger partial charge in [-0.3, -0.25) is 4.40 Å². The number of hydrogen-bond donors (Lipinski definition) is 1. The van der Waals surface area contributed by atoms with E-state index in [1.54, 1.807) is 24.6 Å². The summed E-state index contributed by atoms with van der Waals surface area (Å²) in [4.78, 5) is 9.45. The molecular formula is C13H13ClN4OS. The van der Waals surface area contributed by atoms with E-state index in [9.17, 15) is 0 Å². The number of hydrogen-bond acceptors (Lipinski definition) is 5. The van der Waals surface area contributed by atoms with E-state index >= 15 is 0 Å². The van der Waals surface area contributed by atoms with Crippen molar-refractivity contribution in [1.29, 1.82) is 0 Å². The van der Waals surface area contributed by atoms with Gasteiger partial charge in [0.05, 0.1) is 19.3 Å². The normalized spacial score (nSPS) is 10.9. The van der Waals surface area contributed by atoms with Crippen LogP contribution < -0.4 is 10.1 Å². The van der Waals surface area contributed by atoms with Crippen LogP contribution in [0.2, 0.25) is 5.15 Å². The lowest BCUT2D eigenvalue weighted by atomic mass is 10.3. The molecule has 3 aromatic heterocycles. The Morgan fingerprint density at radius 3 is 3.15 bits per heavy atom. The summed E-state index contributed by atoms with van der Waals surface area (Å²) < 4.78 is 7.32. The summed E-state index contributed by atoms with van der Waals surface area (Å²) in [6.45, 7) is 2.54. The smallest absolute Gasteiger partial charge is 0.238 e. The molecule has 0 aromatic carbocycles. The third-order valence-corrected chi connectivity index (χ3v) is 4.00. The van der Waals surface area contributed by atoms with Crippen LogP contribution in [0.15, 0.2) is 23.8 Å². The highest BCUT2D eigenvalue weighted by Crippen LogP contribution is 2.25. The van der Waals surface area contributed by atoms with Crippen molar-refractivity contribution in [3.05, 3.63) is 40.3 Å². The van der Waals surface area contributed by atoms with Gasteiger partial charge in [-0.2, -0.15) is 4.98 Å². The number of pyridine rings is 1. The third-order valence-electron chi connectivity index (χ3n) is 2.94. The van der Waals surface area contributed by atoms with Gasteiger partial charge in [0.1, 0.15) is 5.69 Å². The number of fused-ring (bicyclic) bond motifs is 1. The third kappa shape index (κ3) is 2.32. The largest absolute Gasteiger partial charge is 0.480 e. The molecule has 0 atom stereocenters. The second-order valence-electron chi connectivity index (χ2n) is 4.33. The summed E-state index contributed by atoms with van der Waals surface area (Å²) in [6, 6.07) is 1.97. The maximum absolute atomic E-state index is 6.08. The number of methoxy groups -OCH3 is 1. The maximum Gasteiger partial charge on any atom is 0.238 e. The first-order chi connectivity index (χ1) is 9.69. The second kappa shape index (κ2) is 5.30. The zero-order chi connectivity index (χ0) is 14.1. The quantitative estimate of drug-likeness (QED) is 0.751. The van der Waals surface area contributed by atoms with Crippen molar-refractivity contribution in [1.82, 2.24) is 14.4 Å². The molecule has 104 valence electrons. The number of nitrogens with one attached hydrogen (secondary N) is 1. The van der Waals surface area contributed by atoms with Gasteiger partial charge in [-0.1, -0.05) is 11.6 Å². The average molecular weight is 309 g/mol. The number of imidazole rings is 1. The Bertz CT molecular complexity index is 752. The Balaban J connectivity index is 1.89. The Morgan fingerprint density at radius 1 is 1.50 bits per heavy atom. The topological polar surface area (TPSA) is 51.5 Å². The van der Waals surface area contributed by atoms with E-state index in [1.165, 1.54) is 0 Å². The van der Waals surface area contributed by atoms with Crippen LogP contribution in [0.1, 0.15) is 11.3 Å². The van der Waals surface area contributed by atoms with Crippen molar-refractivity contribution < 1.29 is 4.74 Å². The number of aromatic nitrogens is 3. The minimum Gasteiger partial charge on any atom is -0.480 e. The van der Waals surface area contributed by atoms with Gasteiger partial charge in [-0.05, 0) is 18.6 Å². The van der Waals surface area contributed by atoms with Gasteiger partial charge in [0.25, 0.3) is 0 Å². The van der Waals surface area contributed by atoms with Crippen LogP contribution in [0.4, 0.5) is 5.69 Å². The minimum absolute atomic E-state index is 0.459. The molecule has 20 heavy (non-hydrogen) atoms. The number of ether oxygens (including phenoxy) is 1. The number of rotatable bonds is 4. The highest BCUT2D eigenvalue weighted by Gasteiger charge is 2.14. The molecule has 0 aliphatic rings. The first-order valence-electron chi connectivity index (χ1n) is 6.03. The number of thiazole rings is 1. The molecule has 0 radical (unpaired) electrons. The fraction of sp³-hybridized carbons (Fsp3) is 0.231. The van der Waals surface area contributed by atoms with Gasteiger partial charge in [-0.15, -0.1) is 11.3 Å². The fourth-order valence-corrected chi connectivity index (χ4v) is 2.89. The molecule has 3 aromatic rings. The average Bonchev–Trinajstić information content (AvgIpc) is 3.00. The highest BCUT2D eigenvalue weighted by atomic mass is 35.5. The summed E-state index contributed by atoms with van der Waals surface area (Å²) in [5.41, 5.74) is 2.82. The van der Waals surface area contributed by atoms with Crippen LogP contribution in [0, 0.1) is 6.92 Å². The summed E-state index contributed by atoms with van der Waals surface area (Å²) in [7, 11) is 1.62. The first kappa shape index (κ1) is 13.2. The fourth-order valence-electron chi connectivity index (χ4n) is 1.99. The lowest BCUT2D eigenvalue weighted by Gasteiger charge is -2.09. The molecule has 0 spiro atoms. The van der Waals surface area contributed by atoms with Crippen molar-refractivity contribution in [3.63, 3.8) is 0 Å². The molecule has 0 aliphatic heterocycles. The molecule has 0 amide bonds. The summed E-state index contributed by atoms with van der Waals surface area (Å²) in [5.74, 6) is 0.626. The minimum atomic E-state index is 0.459. The van der Waals surface area contributed by atoms with Crippen molar-refractivity contribution in [3.8, 4) is 5.88 Å². The van der Waals surface area contributed by atoms with Gasteiger partial charge in [0.2, 0.25) is 5.88 Å². The van der Waals surface area contributed by atoms with Gasteiger partial charge in [0.15, 0.2) is 10.1 Å². The molecular weight excluding hydrogens is 296 g/mol.